The molecule has 4 N–H and O–H groups in total. The molecule has 0 aliphatic rings. The van der Waals surface area contributed by atoms with Crippen molar-refractivity contribution in [3.05, 3.63) is 11.3 Å². The van der Waals surface area contributed by atoms with Gasteiger partial charge < -0.3 is 16.4 Å². The Balaban J connectivity index is 2.36. The second-order valence-electron chi connectivity index (χ2n) is 3.45. The summed E-state index contributed by atoms with van der Waals surface area (Å²) in [6.07, 6.45) is 2.61. The Hall–Kier alpha value is -1.56. The summed E-state index contributed by atoms with van der Waals surface area (Å²) in [6, 6.07) is 0. The van der Waals surface area contributed by atoms with E-state index in [2.05, 4.69) is 20.6 Å². The summed E-state index contributed by atoms with van der Waals surface area (Å²) in [4.78, 5) is 19.0. The molecule has 1 aromatic heterocycles. The van der Waals surface area contributed by atoms with Gasteiger partial charge in [0.25, 0.3) is 0 Å². The highest BCUT2D eigenvalue weighted by Gasteiger charge is 2.06. The van der Waals surface area contributed by atoms with Crippen LogP contribution in [-0.4, -0.2) is 29.0 Å². The van der Waals surface area contributed by atoms with Gasteiger partial charge in [0.1, 0.15) is 23.0 Å². The minimum absolute atomic E-state index is 0.00231. The number of nitrogens with zero attached hydrogens (tertiary/aromatic N) is 2. The van der Waals surface area contributed by atoms with Crippen molar-refractivity contribution < 1.29 is 4.79 Å². The first kappa shape index (κ1) is 13.5. The van der Waals surface area contributed by atoms with E-state index in [0.717, 1.165) is 6.42 Å². The van der Waals surface area contributed by atoms with Crippen LogP contribution in [0.25, 0.3) is 0 Å². The van der Waals surface area contributed by atoms with Crippen molar-refractivity contribution in [3.8, 4) is 0 Å². The molecule has 0 saturated carbocycles. The van der Waals surface area contributed by atoms with Crippen LogP contribution in [0.1, 0.15) is 19.8 Å². The van der Waals surface area contributed by atoms with E-state index in [-0.39, 0.29) is 16.7 Å². The van der Waals surface area contributed by atoms with Gasteiger partial charge in [-0.25, -0.2) is 9.97 Å². The van der Waals surface area contributed by atoms with Gasteiger partial charge in [0.2, 0.25) is 5.91 Å². The molecular formula is C10H16ClN5O. The number of nitrogens with one attached hydrogen (secondary N) is 2. The molecule has 0 radical (unpaired) electrons. The summed E-state index contributed by atoms with van der Waals surface area (Å²) in [6.45, 7) is 3.15. The molecule has 1 amide bonds. The molecule has 94 valence electrons. The number of hydrogen-bond donors (Lipinski definition) is 3. The molecule has 0 aliphatic carbocycles. The average molecular weight is 258 g/mol. The summed E-state index contributed by atoms with van der Waals surface area (Å²) < 4.78 is 0. The van der Waals surface area contributed by atoms with E-state index in [4.69, 9.17) is 17.3 Å². The third kappa shape index (κ3) is 4.44. The molecule has 17 heavy (non-hydrogen) atoms. The number of aromatic nitrogens is 2. The average Bonchev–Trinajstić information content (AvgIpc) is 2.32. The summed E-state index contributed by atoms with van der Waals surface area (Å²) >= 11 is 5.88. The minimum Gasteiger partial charge on any atom is -0.382 e. The first-order valence-electron chi connectivity index (χ1n) is 5.41. The molecule has 0 bridgehead atoms. The van der Waals surface area contributed by atoms with Gasteiger partial charge in [0, 0.05) is 19.5 Å². The van der Waals surface area contributed by atoms with Crippen molar-refractivity contribution in [2.45, 2.75) is 19.8 Å². The number of nitrogens with two attached hydrogens (primary N) is 1. The van der Waals surface area contributed by atoms with Gasteiger partial charge in [-0.2, -0.15) is 0 Å². The van der Waals surface area contributed by atoms with Gasteiger partial charge in [0.05, 0.1) is 0 Å². The van der Waals surface area contributed by atoms with Crippen LogP contribution >= 0.6 is 11.6 Å². The normalized spacial score (nSPS) is 10.0. The highest BCUT2D eigenvalue weighted by atomic mass is 35.5. The Morgan fingerprint density at radius 3 is 2.94 bits per heavy atom. The molecule has 1 heterocycles. The lowest BCUT2D eigenvalue weighted by Crippen LogP contribution is -2.26. The molecule has 0 saturated heterocycles. The summed E-state index contributed by atoms with van der Waals surface area (Å²) in [5.74, 6) is 0.666. The van der Waals surface area contributed by atoms with Crippen LogP contribution in [0.5, 0.6) is 0 Å². The Morgan fingerprint density at radius 1 is 1.47 bits per heavy atom. The molecule has 6 nitrogen and oxygen atoms in total. The van der Waals surface area contributed by atoms with Crippen molar-refractivity contribution >= 4 is 29.1 Å². The number of halogens is 1. The van der Waals surface area contributed by atoms with Gasteiger partial charge in [-0.1, -0.05) is 18.5 Å². The Morgan fingerprint density at radius 2 is 2.24 bits per heavy atom. The van der Waals surface area contributed by atoms with Crippen LogP contribution in [0.15, 0.2) is 6.33 Å². The predicted octanol–water partition coefficient (Wildman–Crippen LogP) is 1.04. The molecular weight excluding hydrogens is 242 g/mol. The zero-order valence-electron chi connectivity index (χ0n) is 9.66. The van der Waals surface area contributed by atoms with Crippen molar-refractivity contribution in [3.63, 3.8) is 0 Å². The molecule has 0 unspecified atom stereocenters. The minimum atomic E-state index is -0.00231. The van der Waals surface area contributed by atoms with E-state index in [1.54, 1.807) is 0 Å². The Labute approximate surface area is 105 Å². The standard InChI is InChI=1S/C10H16ClN5O/c1-2-4-13-7(17)3-5-14-10-8(11)9(12)15-6-16-10/h6H,2-5H2,1H3,(H,13,17)(H3,12,14,15,16). The molecule has 1 aromatic rings. The molecule has 7 heteroatoms. The second-order valence-corrected chi connectivity index (χ2v) is 3.83. The monoisotopic (exact) mass is 257 g/mol. The lowest BCUT2D eigenvalue weighted by Gasteiger charge is -2.08. The number of amides is 1. The van der Waals surface area contributed by atoms with Crippen LogP contribution in [0.3, 0.4) is 0 Å². The quantitative estimate of drug-likeness (QED) is 0.708. The number of carbonyl (C=O) groups excluding carboxylic acids is 1. The Kier molecular flexibility index (Phi) is 5.48. The predicted molar refractivity (Wildman–Crippen MR) is 67.9 cm³/mol. The zero-order chi connectivity index (χ0) is 12.7. The third-order valence-electron chi connectivity index (χ3n) is 2.03. The van der Waals surface area contributed by atoms with Gasteiger partial charge in [-0.15, -0.1) is 0 Å². The van der Waals surface area contributed by atoms with Crippen LogP contribution in [0, 0.1) is 0 Å². The number of nitrogen functional groups attached to an aromatic ring is 1. The zero-order valence-corrected chi connectivity index (χ0v) is 10.4. The van der Waals surface area contributed by atoms with E-state index in [1.165, 1.54) is 6.33 Å². The second kappa shape index (κ2) is 6.90. The van der Waals surface area contributed by atoms with E-state index < -0.39 is 0 Å². The molecule has 0 aliphatic heterocycles. The van der Waals surface area contributed by atoms with Crippen molar-refractivity contribution in [2.75, 3.05) is 24.1 Å². The fraction of sp³-hybridized carbons (Fsp3) is 0.500. The molecule has 0 atom stereocenters. The maximum Gasteiger partial charge on any atom is 0.221 e. The lowest BCUT2D eigenvalue weighted by atomic mass is 10.3. The third-order valence-corrected chi connectivity index (χ3v) is 2.41. The Bertz CT molecular complexity index is 385. The fourth-order valence-electron chi connectivity index (χ4n) is 1.15. The van der Waals surface area contributed by atoms with Crippen molar-refractivity contribution in [1.82, 2.24) is 15.3 Å². The fourth-order valence-corrected chi connectivity index (χ4v) is 1.32. The van der Waals surface area contributed by atoms with Crippen LogP contribution in [0.4, 0.5) is 11.6 Å². The molecule has 1 rings (SSSR count). The van der Waals surface area contributed by atoms with Crippen LogP contribution in [-0.2, 0) is 4.79 Å². The van der Waals surface area contributed by atoms with Gasteiger partial charge in [0.15, 0.2) is 0 Å². The SMILES string of the molecule is CCCNC(=O)CCNc1ncnc(N)c1Cl. The summed E-state index contributed by atoms with van der Waals surface area (Å²) in [7, 11) is 0. The number of anilines is 2. The van der Waals surface area contributed by atoms with Crippen LogP contribution < -0.4 is 16.4 Å². The number of rotatable bonds is 6. The molecule has 0 fully saturated rings. The van der Waals surface area contributed by atoms with Crippen molar-refractivity contribution in [1.29, 1.82) is 0 Å². The van der Waals surface area contributed by atoms with E-state index >= 15 is 0 Å². The first-order chi connectivity index (χ1) is 8.15. The van der Waals surface area contributed by atoms with Crippen molar-refractivity contribution in [2.24, 2.45) is 0 Å². The van der Waals surface area contributed by atoms with Gasteiger partial charge >= 0.3 is 0 Å². The summed E-state index contributed by atoms with van der Waals surface area (Å²) in [5, 5.41) is 5.99. The maximum atomic E-state index is 11.3. The maximum absolute atomic E-state index is 11.3. The smallest absolute Gasteiger partial charge is 0.221 e. The van der Waals surface area contributed by atoms with Gasteiger partial charge in [-0.05, 0) is 6.42 Å². The van der Waals surface area contributed by atoms with Crippen LogP contribution in [0.2, 0.25) is 5.02 Å². The molecule has 0 spiro atoms. The number of hydrogen-bond acceptors (Lipinski definition) is 5. The van der Waals surface area contributed by atoms with E-state index in [1.807, 2.05) is 6.92 Å². The molecule has 0 aromatic carbocycles. The topological polar surface area (TPSA) is 92.9 Å². The highest BCUT2D eigenvalue weighted by molar-refractivity contribution is 6.35. The lowest BCUT2D eigenvalue weighted by molar-refractivity contribution is -0.120. The van der Waals surface area contributed by atoms with E-state index in [9.17, 15) is 4.79 Å². The highest BCUT2D eigenvalue weighted by Crippen LogP contribution is 2.22. The van der Waals surface area contributed by atoms with Gasteiger partial charge in [-0.3, -0.25) is 4.79 Å². The van der Waals surface area contributed by atoms with E-state index in [0.29, 0.717) is 25.3 Å². The largest absolute Gasteiger partial charge is 0.382 e. The first-order valence-corrected chi connectivity index (χ1v) is 5.79. The number of carbonyl (C=O) groups is 1. The summed E-state index contributed by atoms with van der Waals surface area (Å²) in [5.41, 5.74) is 5.52.